The van der Waals surface area contributed by atoms with Gasteiger partial charge in [0.25, 0.3) is 6.43 Å². The fourth-order valence-electron chi connectivity index (χ4n) is 0.466. The smallest absolute Gasteiger partial charge is 0.269 e. The van der Waals surface area contributed by atoms with E-state index in [1.165, 1.54) is 0 Å². The number of hydrogen-bond donors (Lipinski definition) is 0. The highest BCUT2D eigenvalue weighted by molar-refractivity contribution is 6.27. The van der Waals surface area contributed by atoms with Gasteiger partial charge in [-0.25, -0.2) is 13.2 Å². The van der Waals surface area contributed by atoms with E-state index >= 15 is 0 Å². The molecule has 1 nitrogen and oxygen atoms in total. The van der Waals surface area contributed by atoms with Crippen molar-refractivity contribution in [2.75, 3.05) is 6.61 Å². The number of rotatable bonds is 5. The predicted molar refractivity (Wildman–Crippen MR) is 35.9 cm³/mol. The van der Waals surface area contributed by atoms with Crippen molar-refractivity contribution in [2.45, 2.75) is 25.6 Å². The molecule has 0 saturated heterocycles. The van der Waals surface area contributed by atoms with Crippen LogP contribution in [-0.4, -0.2) is 29.0 Å². The first-order valence-electron chi connectivity index (χ1n) is 3.18. The van der Waals surface area contributed by atoms with Crippen LogP contribution >= 0.6 is 0 Å². The predicted octanol–water partition coefficient (Wildman–Crippen LogP) is 1.13. The van der Waals surface area contributed by atoms with E-state index in [0.29, 0.717) is 6.61 Å². The maximum absolute atomic E-state index is 12.1. The van der Waals surface area contributed by atoms with Crippen LogP contribution in [-0.2, 0) is 4.43 Å². The molecule has 0 N–H and O–H groups in total. The molecule has 0 aliphatic heterocycles. The maximum Gasteiger partial charge on any atom is 0.269 e. The van der Waals surface area contributed by atoms with Gasteiger partial charge in [-0.1, -0.05) is 0 Å². The SMILES string of the molecule is CCO[SiH2]CC(F)C(F)F. The zero-order valence-electron chi connectivity index (χ0n) is 5.82. The molecule has 0 aliphatic carbocycles. The Hall–Kier alpha value is -0.0331. The summed E-state index contributed by atoms with van der Waals surface area (Å²) in [6.45, 7) is 2.27. The molecule has 0 aromatic rings. The van der Waals surface area contributed by atoms with Gasteiger partial charge in [-0.15, -0.1) is 0 Å². The van der Waals surface area contributed by atoms with Gasteiger partial charge in [0.15, 0.2) is 15.9 Å². The average molecular weight is 172 g/mol. The van der Waals surface area contributed by atoms with Gasteiger partial charge < -0.3 is 4.43 Å². The van der Waals surface area contributed by atoms with Crippen molar-refractivity contribution in [2.24, 2.45) is 0 Å². The van der Waals surface area contributed by atoms with Gasteiger partial charge in [-0.2, -0.15) is 0 Å². The third-order valence-corrected chi connectivity index (χ3v) is 2.50. The summed E-state index contributed by atoms with van der Waals surface area (Å²) >= 11 is 0. The van der Waals surface area contributed by atoms with Crippen molar-refractivity contribution in [1.29, 1.82) is 0 Å². The van der Waals surface area contributed by atoms with E-state index in [4.69, 9.17) is 4.43 Å². The Labute approximate surface area is 60.5 Å². The second kappa shape index (κ2) is 5.73. The lowest BCUT2D eigenvalue weighted by atomic mass is 10.5. The summed E-state index contributed by atoms with van der Waals surface area (Å²) in [5.74, 6) is 0. The molecular formula is C5H11F3OSi. The van der Waals surface area contributed by atoms with E-state index in [-0.39, 0.29) is 6.04 Å². The van der Waals surface area contributed by atoms with Gasteiger partial charge >= 0.3 is 0 Å². The van der Waals surface area contributed by atoms with E-state index in [1.54, 1.807) is 6.92 Å². The van der Waals surface area contributed by atoms with Crippen LogP contribution in [0.15, 0.2) is 0 Å². The maximum atomic E-state index is 12.1. The zero-order chi connectivity index (χ0) is 7.98. The molecule has 62 valence electrons. The molecule has 0 aliphatic rings. The zero-order valence-corrected chi connectivity index (χ0v) is 7.23. The van der Waals surface area contributed by atoms with E-state index < -0.39 is 22.4 Å². The summed E-state index contributed by atoms with van der Waals surface area (Å²) in [6, 6.07) is -0.0779. The summed E-state index contributed by atoms with van der Waals surface area (Å²) in [6.07, 6.45) is -4.81. The highest BCUT2D eigenvalue weighted by Crippen LogP contribution is 2.09. The average Bonchev–Trinajstić information content (AvgIpc) is 1.88. The molecule has 0 rings (SSSR count). The molecule has 0 amide bonds. The molecule has 0 heterocycles. The Morgan fingerprint density at radius 2 is 2.00 bits per heavy atom. The summed E-state index contributed by atoms with van der Waals surface area (Å²) in [4.78, 5) is 0. The Morgan fingerprint density at radius 3 is 2.40 bits per heavy atom. The fourth-order valence-corrected chi connectivity index (χ4v) is 1.40. The van der Waals surface area contributed by atoms with E-state index in [2.05, 4.69) is 0 Å². The molecule has 10 heavy (non-hydrogen) atoms. The first kappa shape index (κ1) is 9.97. The highest BCUT2D eigenvalue weighted by atomic mass is 28.2. The molecule has 0 radical (unpaired) electrons. The van der Waals surface area contributed by atoms with Gasteiger partial charge in [-0.05, 0) is 13.0 Å². The van der Waals surface area contributed by atoms with Gasteiger partial charge in [0.05, 0.1) is 0 Å². The topological polar surface area (TPSA) is 9.23 Å². The van der Waals surface area contributed by atoms with Crippen molar-refractivity contribution >= 4 is 9.76 Å². The van der Waals surface area contributed by atoms with Crippen LogP contribution in [0.2, 0.25) is 6.04 Å². The highest BCUT2D eigenvalue weighted by Gasteiger charge is 2.18. The van der Waals surface area contributed by atoms with Gasteiger partial charge in [-0.3, -0.25) is 0 Å². The molecule has 5 heteroatoms. The molecule has 1 atom stereocenters. The van der Waals surface area contributed by atoms with Crippen molar-refractivity contribution in [3.63, 3.8) is 0 Å². The third kappa shape index (κ3) is 4.81. The minimum absolute atomic E-state index is 0.0779. The lowest BCUT2D eigenvalue weighted by Gasteiger charge is -2.04. The van der Waals surface area contributed by atoms with Crippen LogP contribution in [0.5, 0.6) is 0 Å². The molecule has 0 fully saturated rings. The molecular weight excluding hydrogens is 161 g/mol. The summed E-state index contributed by atoms with van der Waals surface area (Å²) in [7, 11) is -1.03. The summed E-state index contributed by atoms with van der Waals surface area (Å²) in [5, 5.41) is 0. The molecule has 0 bridgehead atoms. The standard InChI is InChI=1S/C5H11F3OSi/c1-2-9-10-3-4(6)5(7)8/h4-5H,2-3,10H2,1H3. The van der Waals surface area contributed by atoms with Crippen molar-refractivity contribution in [3.8, 4) is 0 Å². The van der Waals surface area contributed by atoms with Crippen molar-refractivity contribution in [1.82, 2.24) is 0 Å². The number of hydrogen-bond acceptors (Lipinski definition) is 1. The first-order valence-corrected chi connectivity index (χ1v) is 4.76. The van der Waals surface area contributed by atoms with E-state index in [0.717, 1.165) is 0 Å². The van der Waals surface area contributed by atoms with Crippen LogP contribution < -0.4 is 0 Å². The van der Waals surface area contributed by atoms with Gasteiger partial charge in [0, 0.05) is 6.61 Å². The Bertz CT molecular complexity index is 81.3. The normalized spacial score (nSPS) is 15.3. The van der Waals surface area contributed by atoms with Crippen molar-refractivity contribution < 1.29 is 17.6 Å². The van der Waals surface area contributed by atoms with Gasteiger partial charge in [0.1, 0.15) is 0 Å². The second-order valence-electron chi connectivity index (χ2n) is 1.84. The van der Waals surface area contributed by atoms with Crippen LogP contribution in [0.25, 0.3) is 0 Å². The van der Waals surface area contributed by atoms with Crippen molar-refractivity contribution in [3.05, 3.63) is 0 Å². The Kier molecular flexibility index (Phi) is 5.71. The summed E-state index contributed by atoms with van der Waals surface area (Å²) in [5.41, 5.74) is 0. The Morgan fingerprint density at radius 1 is 1.40 bits per heavy atom. The largest absolute Gasteiger partial charge is 0.424 e. The minimum atomic E-state index is -2.84. The molecule has 0 aromatic heterocycles. The van der Waals surface area contributed by atoms with E-state index in [1.807, 2.05) is 0 Å². The quantitative estimate of drug-likeness (QED) is 0.446. The lowest BCUT2D eigenvalue weighted by Crippen LogP contribution is -2.15. The molecule has 0 aromatic carbocycles. The lowest BCUT2D eigenvalue weighted by molar-refractivity contribution is 0.0588. The van der Waals surface area contributed by atoms with Crippen LogP contribution in [0.4, 0.5) is 13.2 Å². The van der Waals surface area contributed by atoms with Crippen LogP contribution in [0.1, 0.15) is 6.92 Å². The molecule has 0 spiro atoms. The Balaban J connectivity index is 3.13. The summed E-state index contributed by atoms with van der Waals surface area (Å²) < 4.78 is 39.8. The van der Waals surface area contributed by atoms with E-state index in [9.17, 15) is 13.2 Å². The minimum Gasteiger partial charge on any atom is -0.424 e. The monoisotopic (exact) mass is 172 g/mol. The van der Waals surface area contributed by atoms with Crippen LogP contribution in [0, 0.1) is 0 Å². The third-order valence-electron chi connectivity index (χ3n) is 1.02. The molecule has 1 unspecified atom stereocenters. The number of halogens is 3. The second-order valence-corrected chi connectivity index (χ2v) is 3.23. The first-order chi connectivity index (χ1) is 4.68. The van der Waals surface area contributed by atoms with Gasteiger partial charge in [0.2, 0.25) is 0 Å². The number of alkyl halides is 3. The fraction of sp³-hybridized carbons (Fsp3) is 1.00. The van der Waals surface area contributed by atoms with Crippen LogP contribution in [0.3, 0.4) is 0 Å². The molecule has 0 saturated carbocycles.